The second kappa shape index (κ2) is 8.98. The maximum absolute atomic E-state index is 11.9. The Morgan fingerprint density at radius 1 is 1.29 bits per heavy atom. The number of nitriles is 1. The minimum Gasteiger partial charge on any atom is -0.492 e. The smallest absolute Gasteiger partial charge is 0.236 e. The molecule has 0 heterocycles. The second-order valence-electron chi connectivity index (χ2n) is 5.08. The molecule has 0 unspecified atom stereocenters. The molecular formula is C16H23N3O2. The molecule has 0 saturated heterocycles. The van der Waals surface area contributed by atoms with Crippen LogP contribution in [0.3, 0.4) is 0 Å². The van der Waals surface area contributed by atoms with E-state index in [1.165, 1.54) is 0 Å². The third-order valence-corrected chi connectivity index (χ3v) is 3.21. The van der Waals surface area contributed by atoms with Gasteiger partial charge < -0.3 is 9.64 Å². The lowest BCUT2D eigenvalue weighted by atomic mass is 10.2. The van der Waals surface area contributed by atoms with Crippen LogP contribution in [0.15, 0.2) is 24.3 Å². The molecule has 0 bridgehead atoms. The third kappa shape index (κ3) is 6.28. The molecule has 21 heavy (non-hydrogen) atoms. The Hall–Kier alpha value is -2.06. The lowest BCUT2D eigenvalue weighted by Gasteiger charge is -2.21. The van der Waals surface area contributed by atoms with Crippen LogP contribution in [0.4, 0.5) is 0 Å². The van der Waals surface area contributed by atoms with Gasteiger partial charge in [0.15, 0.2) is 0 Å². The highest BCUT2D eigenvalue weighted by Crippen LogP contribution is 2.15. The van der Waals surface area contributed by atoms with Gasteiger partial charge in [0.1, 0.15) is 12.4 Å². The summed E-state index contributed by atoms with van der Waals surface area (Å²) in [5, 5.41) is 8.51. The molecule has 0 aliphatic heterocycles. The fraction of sp³-hybridized carbons (Fsp3) is 0.500. The number of hydrogen-bond acceptors (Lipinski definition) is 4. The van der Waals surface area contributed by atoms with Crippen molar-refractivity contribution in [3.05, 3.63) is 29.8 Å². The third-order valence-electron chi connectivity index (χ3n) is 3.21. The average Bonchev–Trinajstić information content (AvgIpc) is 2.46. The van der Waals surface area contributed by atoms with Crippen LogP contribution in [-0.4, -0.2) is 56.0 Å². The number of ether oxygens (including phenoxy) is 1. The summed E-state index contributed by atoms with van der Waals surface area (Å²) in [5.41, 5.74) is 1.10. The van der Waals surface area contributed by atoms with Crippen molar-refractivity contribution in [2.24, 2.45) is 0 Å². The fourth-order valence-electron chi connectivity index (χ4n) is 1.80. The number of carbonyl (C=O) groups is 1. The fourth-order valence-corrected chi connectivity index (χ4v) is 1.80. The molecule has 0 N–H and O–H groups in total. The number of benzene rings is 1. The Labute approximate surface area is 126 Å². The largest absolute Gasteiger partial charge is 0.492 e. The van der Waals surface area contributed by atoms with E-state index in [1.54, 1.807) is 11.9 Å². The van der Waals surface area contributed by atoms with Crippen molar-refractivity contribution in [2.75, 3.05) is 40.3 Å². The minimum absolute atomic E-state index is 0.0173. The van der Waals surface area contributed by atoms with Gasteiger partial charge >= 0.3 is 0 Å². The van der Waals surface area contributed by atoms with Gasteiger partial charge in [0.25, 0.3) is 0 Å². The van der Waals surface area contributed by atoms with E-state index in [0.29, 0.717) is 32.7 Å². The minimum atomic E-state index is 0.0173. The van der Waals surface area contributed by atoms with Gasteiger partial charge in [-0.1, -0.05) is 18.2 Å². The summed E-state index contributed by atoms with van der Waals surface area (Å²) < 4.78 is 5.70. The standard InChI is InChI=1S/C16H23N3O2/c1-14-7-4-5-8-15(14)21-12-11-18(2)13-16(20)19(3)10-6-9-17/h4-5,7-8H,6,10-13H2,1-3H3. The lowest BCUT2D eigenvalue weighted by molar-refractivity contribution is -0.130. The summed E-state index contributed by atoms with van der Waals surface area (Å²) >= 11 is 0. The number of likely N-dealkylation sites (N-methyl/N-ethyl adjacent to an activating group) is 2. The van der Waals surface area contributed by atoms with Gasteiger partial charge in [0.2, 0.25) is 5.91 Å². The van der Waals surface area contributed by atoms with Crippen LogP contribution in [0, 0.1) is 18.3 Å². The van der Waals surface area contributed by atoms with Crippen molar-refractivity contribution >= 4 is 5.91 Å². The molecule has 1 amide bonds. The molecule has 0 aromatic heterocycles. The quantitative estimate of drug-likeness (QED) is 0.730. The molecule has 5 nitrogen and oxygen atoms in total. The maximum atomic E-state index is 11.9. The predicted molar refractivity (Wildman–Crippen MR) is 82.0 cm³/mol. The van der Waals surface area contributed by atoms with Crippen molar-refractivity contribution in [2.45, 2.75) is 13.3 Å². The molecule has 114 valence electrons. The highest BCUT2D eigenvalue weighted by atomic mass is 16.5. The van der Waals surface area contributed by atoms with Crippen LogP contribution >= 0.6 is 0 Å². The number of hydrogen-bond donors (Lipinski definition) is 0. The molecule has 1 aromatic carbocycles. The normalized spacial score (nSPS) is 10.2. The Morgan fingerprint density at radius 3 is 2.67 bits per heavy atom. The zero-order valence-electron chi connectivity index (χ0n) is 13.0. The van der Waals surface area contributed by atoms with Gasteiger partial charge in [-0.2, -0.15) is 5.26 Å². The van der Waals surface area contributed by atoms with E-state index in [2.05, 4.69) is 0 Å². The van der Waals surface area contributed by atoms with E-state index in [1.807, 2.05) is 49.2 Å². The van der Waals surface area contributed by atoms with E-state index in [0.717, 1.165) is 11.3 Å². The van der Waals surface area contributed by atoms with Crippen molar-refractivity contribution < 1.29 is 9.53 Å². The Bertz CT molecular complexity index is 497. The highest BCUT2D eigenvalue weighted by molar-refractivity contribution is 5.77. The van der Waals surface area contributed by atoms with E-state index in [-0.39, 0.29) is 5.91 Å². The number of rotatable bonds is 8. The van der Waals surface area contributed by atoms with Crippen molar-refractivity contribution in [1.29, 1.82) is 5.26 Å². The molecule has 1 rings (SSSR count). The van der Waals surface area contributed by atoms with Crippen molar-refractivity contribution in [3.63, 3.8) is 0 Å². The summed E-state index contributed by atoms with van der Waals surface area (Å²) in [6, 6.07) is 9.90. The second-order valence-corrected chi connectivity index (χ2v) is 5.08. The summed E-state index contributed by atoms with van der Waals surface area (Å²) in [5.74, 6) is 0.895. The first-order valence-corrected chi connectivity index (χ1v) is 7.02. The van der Waals surface area contributed by atoms with Crippen LogP contribution in [0.2, 0.25) is 0 Å². The maximum Gasteiger partial charge on any atom is 0.236 e. The molecule has 0 aliphatic rings. The highest BCUT2D eigenvalue weighted by Gasteiger charge is 2.11. The van der Waals surface area contributed by atoms with Crippen molar-refractivity contribution in [3.8, 4) is 11.8 Å². The first-order valence-electron chi connectivity index (χ1n) is 7.02. The summed E-state index contributed by atoms with van der Waals surface area (Å²) in [4.78, 5) is 15.4. The van der Waals surface area contributed by atoms with Crippen LogP contribution in [0.5, 0.6) is 5.75 Å². The zero-order valence-corrected chi connectivity index (χ0v) is 13.0. The molecule has 0 spiro atoms. The molecule has 0 saturated carbocycles. The summed E-state index contributed by atoms with van der Waals surface area (Å²) in [6.07, 6.45) is 0.363. The Balaban J connectivity index is 2.28. The number of carbonyl (C=O) groups excluding carboxylic acids is 1. The van der Waals surface area contributed by atoms with E-state index < -0.39 is 0 Å². The van der Waals surface area contributed by atoms with Gasteiger partial charge in [0.05, 0.1) is 19.0 Å². The Morgan fingerprint density at radius 2 is 2.00 bits per heavy atom. The molecular weight excluding hydrogens is 266 g/mol. The number of para-hydroxylation sites is 1. The first-order chi connectivity index (χ1) is 10.0. The van der Waals surface area contributed by atoms with Crippen molar-refractivity contribution in [1.82, 2.24) is 9.80 Å². The van der Waals surface area contributed by atoms with Crippen LogP contribution < -0.4 is 4.74 Å². The molecule has 1 aromatic rings. The van der Waals surface area contributed by atoms with Gasteiger partial charge in [-0.25, -0.2) is 0 Å². The monoisotopic (exact) mass is 289 g/mol. The topological polar surface area (TPSA) is 56.6 Å². The molecule has 0 aliphatic carbocycles. The summed E-state index contributed by atoms with van der Waals surface area (Å²) in [7, 11) is 3.61. The Kier molecular flexibility index (Phi) is 7.27. The molecule has 5 heteroatoms. The SMILES string of the molecule is Cc1ccccc1OCCN(C)CC(=O)N(C)CCC#N. The molecule has 0 atom stereocenters. The lowest BCUT2D eigenvalue weighted by Crippen LogP contribution is -2.38. The number of amides is 1. The number of nitrogens with zero attached hydrogens (tertiary/aromatic N) is 3. The van der Waals surface area contributed by atoms with Gasteiger partial charge in [-0.15, -0.1) is 0 Å². The first kappa shape index (κ1) is 17.0. The molecule has 0 fully saturated rings. The van der Waals surface area contributed by atoms with Crippen LogP contribution in [-0.2, 0) is 4.79 Å². The van der Waals surface area contributed by atoms with E-state index in [4.69, 9.17) is 10.00 Å². The van der Waals surface area contributed by atoms with Crippen LogP contribution in [0.25, 0.3) is 0 Å². The van der Waals surface area contributed by atoms with Gasteiger partial charge in [-0.05, 0) is 25.6 Å². The van der Waals surface area contributed by atoms with Gasteiger partial charge in [0, 0.05) is 20.1 Å². The van der Waals surface area contributed by atoms with Gasteiger partial charge in [-0.3, -0.25) is 9.69 Å². The van der Waals surface area contributed by atoms with E-state index in [9.17, 15) is 4.79 Å². The zero-order chi connectivity index (χ0) is 15.7. The van der Waals surface area contributed by atoms with E-state index >= 15 is 0 Å². The summed E-state index contributed by atoms with van der Waals surface area (Å²) in [6.45, 7) is 4.03. The van der Waals surface area contributed by atoms with Crippen LogP contribution in [0.1, 0.15) is 12.0 Å². The average molecular weight is 289 g/mol. The predicted octanol–water partition coefficient (Wildman–Crippen LogP) is 1.68. The molecule has 0 radical (unpaired) electrons. The number of aryl methyl sites for hydroxylation is 1.